The Morgan fingerprint density at radius 1 is 1.13 bits per heavy atom. The van der Waals surface area contributed by atoms with Crippen LogP contribution in [0, 0.1) is 12.8 Å². The number of nitrogens with zero attached hydrogens (tertiary/aromatic N) is 1. The second kappa shape index (κ2) is 6.73. The first kappa shape index (κ1) is 16.0. The number of aryl methyl sites for hydroxylation is 1. The van der Waals surface area contributed by atoms with Crippen molar-refractivity contribution in [3.05, 3.63) is 35.4 Å². The zero-order chi connectivity index (χ0) is 16.4. The second-order valence-electron chi connectivity index (χ2n) is 7.00. The van der Waals surface area contributed by atoms with E-state index in [2.05, 4.69) is 5.32 Å². The van der Waals surface area contributed by atoms with E-state index in [1.165, 1.54) is 18.4 Å². The molecule has 0 bridgehead atoms. The van der Waals surface area contributed by atoms with Gasteiger partial charge in [0.05, 0.1) is 12.0 Å². The number of piperidine rings is 1. The summed E-state index contributed by atoms with van der Waals surface area (Å²) in [6.45, 7) is 2.05. The largest absolute Gasteiger partial charge is 0.353 e. The molecule has 4 nitrogen and oxygen atoms in total. The Labute approximate surface area is 138 Å². The van der Waals surface area contributed by atoms with Gasteiger partial charge in [-0.2, -0.15) is 0 Å². The van der Waals surface area contributed by atoms with Crippen molar-refractivity contribution in [1.29, 1.82) is 0 Å². The molecular weight excluding hydrogens is 288 g/mol. The van der Waals surface area contributed by atoms with Crippen LogP contribution in [0.25, 0.3) is 0 Å². The summed E-state index contributed by atoms with van der Waals surface area (Å²) < 4.78 is 0. The molecular formula is C19H26N2O2. The van der Waals surface area contributed by atoms with E-state index in [9.17, 15) is 9.59 Å². The smallest absolute Gasteiger partial charge is 0.225 e. The minimum atomic E-state index is -0.154. The summed E-state index contributed by atoms with van der Waals surface area (Å²) in [6, 6.07) is 8.36. The lowest BCUT2D eigenvalue weighted by atomic mass is 9.83. The van der Waals surface area contributed by atoms with Crippen LogP contribution >= 0.6 is 0 Å². The van der Waals surface area contributed by atoms with E-state index >= 15 is 0 Å². The lowest BCUT2D eigenvalue weighted by Crippen LogP contribution is -2.48. The van der Waals surface area contributed by atoms with Crippen LogP contribution in [0.1, 0.15) is 55.7 Å². The molecule has 0 unspecified atom stereocenters. The van der Waals surface area contributed by atoms with Crippen molar-refractivity contribution in [2.24, 2.45) is 5.92 Å². The summed E-state index contributed by atoms with van der Waals surface area (Å²) in [7, 11) is 1.82. The number of rotatable bonds is 3. The molecule has 0 spiro atoms. The molecule has 3 rings (SSSR count). The van der Waals surface area contributed by atoms with Gasteiger partial charge in [-0.3, -0.25) is 9.59 Å². The third-order valence-corrected chi connectivity index (χ3v) is 5.32. The molecule has 1 saturated heterocycles. The average Bonchev–Trinajstić information content (AvgIpc) is 3.04. The Balaban J connectivity index is 1.81. The third kappa shape index (κ3) is 3.41. The number of amides is 2. The van der Waals surface area contributed by atoms with Crippen LogP contribution < -0.4 is 5.32 Å². The Kier molecular flexibility index (Phi) is 4.69. The fourth-order valence-corrected chi connectivity index (χ4v) is 3.91. The molecule has 4 heteroatoms. The molecule has 2 fully saturated rings. The van der Waals surface area contributed by atoms with Crippen molar-refractivity contribution in [2.45, 2.75) is 57.5 Å². The molecule has 2 aliphatic rings. The SMILES string of the molecule is Cc1ccc([C@@H]2[C@@H](C(=O)NC3CCCC3)CCC(=O)N2C)cc1. The maximum Gasteiger partial charge on any atom is 0.225 e. The third-order valence-electron chi connectivity index (χ3n) is 5.32. The molecule has 1 heterocycles. The van der Waals surface area contributed by atoms with Crippen LogP contribution in [0.4, 0.5) is 0 Å². The van der Waals surface area contributed by atoms with Crippen LogP contribution in [0.2, 0.25) is 0 Å². The van der Waals surface area contributed by atoms with E-state index < -0.39 is 0 Å². The van der Waals surface area contributed by atoms with Gasteiger partial charge in [-0.25, -0.2) is 0 Å². The molecule has 1 aliphatic heterocycles. The Morgan fingerprint density at radius 3 is 2.43 bits per heavy atom. The summed E-state index contributed by atoms with van der Waals surface area (Å²) in [4.78, 5) is 26.7. The first-order chi connectivity index (χ1) is 11.1. The van der Waals surface area contributed by atoms with Gasteiger partial charge in [0.25, 0.3) is 0 Å². The van der Waals surface area contributed by atoms with Gasteiger partial charge >= 0.3 is 0 Å². The van der Waals surface area contributed by atoms with Gasteiger partial charge in [-0.15, -0.1) is 0 Å². The molecule has 1 aromatic carbocycles. The standard InChI is InChI=1S/C19H26N2O2/c1-13-7-9-14(10-8-13)18-16(11-12-17(22)21(18)2)19(23)20-15-5-3-4-6-15/h7-10,15-16,18H,3-6,11-12H2,1-2H3,(H,20,23)/t16-,18+/m0/s1. The van der Waals surface area contributed by atoms with Gasteiger partial charge in [0.1, 0.15) is 0 Å². The Bertz CT molecular complexity index is 576. The lowest BCUT2D eigenvalue weighted by Gasteiger charge is -2.39. The monoisotopic (exact) mass is 314 g/mol. The number of likely N-dealkylation sites (tertiary alicyclic amines) is 1. The summed E-state index contributed by atoms with van der Waals surface area (Å²) in [5, 5.41) is 3.22. The lowest BCUT2D eigenvalue weighted by molar-refractivity contribution is -0.141. The molecule has 0 radical (unpaired) electrons. The number of carbonyl (C=O) groups excluding carboxylic acids is 2. The van der Waals surface area contributed by atoms with Crippen molar-refractivity contribution in [1.82, 2.24) is 10.2 Å². The fourth-order valence-electron chi connectivity index (χ4n) is 3.91. The molecule has 2 atom stereocenters. The zero-order valence-electron chi connectivity index (χ0n) is 14.0. The van der Waals surface area contributed by atoms with Gasteiger partial charge in [0.15, 0.2) is 0 Å². The van der Waals surface area contributed by atoms with Crippen molar-refractivity contribution in [2.75, 3.05) is 7.05 Å². The normalized spacial score (nSPS) is 25.7. The van der Waals surface area contributed by atoms with E-state index in [0.29, 0.717) is 18.9 Å². The van der Waals surface area contributed by atoms with Crippen molar-refractivity contribution in [3.63, 3.8) is 0 Å². The average molecular weight is 314 g/mol. The highest BCUT2D eigenvalue weighted by atomic mass is 16.2. The van der Waals surface area contributed by atoms with E-state index in [4.69, 9.17) is 0 Å². The quantitative estimate of drug-likeness (QED) is 0.932. The van der Waals surface area contributed by atoms with E-state index in [1.54, 1.807) is 4.90 Å². The predicted molar refractivity (Wildman–Crippen MR) is 89.8 cm³/mol. The Hall–Kier alpha value is -1.84. The molecule has 1 N–H and O–H groups in total. The van der Waals surface area contributed by atoms with E-state index in [1.807, 2.05) is 38.2 Å². The summed E-state index contributed by atoms with van der Waals surface area (Å²) in [5.41, 5.74) is 2.24. The number of benzene rings is 1. The molecule has 23 heavy (non-hydrogen) atoms. The first-order valence-electron chi connectivity index (χ1n) is 8.69. The van der Waals surface area contributed by atoms with Gasteiger partial charge in [-0.1, -0.05) is 42.7 Å². The van der Waals surface area contributed by atoms with Crippen molar-refractivity contribution >= 4 is 11.8 Å². The zero-order valence-corrected chi connectivity index (χ0v) is 14.0. The molecule has 1 aromatic rings. The highest BCUT2D eigenvalue weighted by Gasteiger charge is 2.39. The first-order valence-corrected chi connectivity index (χ1v) is 8.69. The van der Waals surface area contributed by atoms with Gasteiger partial charge in [0.2, 0.25) is 11.8 Å². The molecule has 0 aromatic heterocycles. The van der Waals surface area contributed by atoms with Crippen LogP contribution in [0.3, 0.4) is 0 Å². The number of hydrogen-bond acceptors (Lipinski definition) is 2. The fraction of sp³-hybridized carbons (Fsp3) is 0.579. The molecule has 1 saturated carbocycles. The predicted octanol–water partition coefficient (Wildman–Crippen LogP) is 2.96. The van der Waals surface area contributed by atoms with Gasteiger partial charge in [-0.05, 0) is 31.7 Å². The van der Waals surface area contributed by atoms with E-state index in [-0.39, 0.29) is 23.8 Å². The highest BCUT2D eigenvalue weighted by molar-refractivity contribution is 5.85. The van der Waals surface area contributed by atoms with Crippen LogP contribution in [-0.2, 0) is 9.59 Å². The van der Waals surface area contributed by atoms with Gasteiger partial charge in [0, 0.05) is 19.5 Å². The summed E-state index contributed by atoms with van der Waals surface area (Å²) in [6.07, 6.45) is 5.68. The minimum Gasteiger partial charge on any atom is -0.353 e. The Morgan fingerprint density at radius 2 is 1.78 bits per heavy atom. The number of carbonyl (C=O) groups is 2. The van der Waals surface area contributed by atoms with Crippen molar-refractivity contribution in [3.8, 4) is 0 Å². The maximum absolute atomic E-state index is 12.8. The van der Waals surface area contributed by atoms with Crippen molar-refractivity contribution < 1.29 is 9.59 Å². The molecule has 1 aliphatic carbocycles. The number of hydrogen-bond donors (Lipinski definition) is 1. The van der Waals surface area contributed by atoms with E-state index in [0.717, 1.165) is 18.4 Å². The highest BCUT2D eigenvalue weighted by Crippen LogP contribution is 2.36. The van der Waals surface area contributed by atoms with Crippen LogP contribution in [0.15, 0.2) is 24.3 Å². The molecule has 124 valence electrons. The maximum atomic E-state index is 12.8. The minimum absolute atomic E-state index is 0.113. The summed E-state index contributed by atoms with van der Waals surface area (Å²) >= 11 is 0. The van der Waals surface area contributed by atoms with Crippen LogP contribution in [-0.4, -0.2) is 29.8 Å². The van der Waals surface area contributed by atoms with Crippen LogP contribution in [0.5, 0.6) is 0 Å². The summed E-state index contributed by atoms with van der Waals surface area (Å²) in [5.74, 6) is 0.0864. The molecule has 2 amide bonds. The number of nitrogens with one attached hydrogen (secondary N) is 1. The topological polar surface area (TPSA) is 49.4 Å². The second-order valence-corrected chi connectivity index (χ2v) is 7.00. The van der Waals surface area contributed by atoms with Gasteiger partial charge < -0.3 is 10.2 Å².